The van der Waals surface area contributed by atoms with E-state index in [4.69, 9.17) is 0 Å². The monoisotopic (exact) mass is 297 g/mol. The number of rotatable bonds is 5. The van der Waals surface area contributed by atoms with Crippen LogP contribution in [0, 0.1) is 0 Å². The molecule has 0 unspecified atom stereocenters. The number of fused-ring (bicyclic) bond motifs is 1. The summed E-state index contributed by atoms with van der Waals surface area (Å²) in [5.74, 6) is 0. The Labute approximate surface area is 126 Å². The Kier molecular flexibility index (Phi) is 3.33. The lowest BCUT2D eigenvalue weighted by Gasteiger charge is -2.05. The molecule has 1 saturated carbocycles. The van der Waals surface area contributed by atoms with Crippen molar-refractivity contribution in [1.82, 2.24) is 25.3 Å². The van der Waals surface area contributed by atoms with Crippen molar-refractivity contribution in [2.75, 3.05) is 0 Å². The van der Waals surface area contributed by atoms with Gasteiger partial charge in [0.05, 0.1) is 6.33 Å². The predicted molar refractivity (Wildman–Crippen MR) is 82.1 cm³/mol. The number of hydrogen-bond acceptors (Lipinski definition) is 5. The van der Waals surface area contributed by atoms with E-state index >= 15 is 0 Å². The van der Waals surface area contributed by atoms with E-state index in [0.29, 0.717) is 5.65 Å². The summed E-state index contributed by atoms with van der Waals surface area (Å²) in [6.45, 7) is 0.952. The number of aromatic amines is 1. The van der Waals surface area contributed by atoms with Gasteiger partial charge in [-0.05, 0) is 30.5 Å². The lowest BCUT2D eigenvalue weighted by molar-refractivity contribution is 0.687. The molecule has 1 aromatic carbocycles. The number of nitrogens with one attached hydrogen (secondary N) is 2. The fourth-order valence-corrected chi connectivity index (χ4v) is 3.00. The van der Waals surface area contributed by atoms with Gasteiger partial charge in [-0.3, -0.25) is 0 Å². The second-order valence-electron chi connectivity index (χ2n) is 5.18. The number of benzene rings is 1. The van der Waals surface area contributed by atoms with E-state index in [1.807, 2.05) is 0 Å². The van der Waals surface area contributed by atoms with Gasteiger partial charge in [0.25, 0.3) is 0 Å². The van der Waals surface area contributed by atoms with Crippen LogP contribution >= 0.6 is 11.8 Å². The first kappa shape index (κ1) is 12.8. The number of aromatic nitrogens is 4. The van der Waals surface area contributed by atoms with Crippen molar-refractivity contribution in [3.63, 3.8) is 0 Å². The minimum atomic E-state index is 0.706. The minimum absolute atomic E-state index is 0.706. The van der Waals surface area contributed by atoms with Crippen molar-refractivity contribution in [2.45, 2.75) is 35.3 Å². The molecule has 5 nitrogen and oxygen atoms in total. The van der Waals surface area contributed by atoms with Crippen molar-refractivity contribution in [3.05, 3.63) is 42.5 Å². The van der Waals surface area contributed by atoms with Crippen LogP contribution < -0.4 is 5.32 Å². The van der Waals surface area contributed by atoms with Crippen molar-refractivity contribution in [3.8, 4) is 0 Å². The van der Waals surface area contributed by atoms with Gasteiger partial charge >= 0.3 is 0 Å². The molecule has 0 amide bonds. The highest BCUT2D eigenvalue weighted by Gasteiger charge is 2.19. The lowest BCUT2D eigenvalue weighted by atomic mass is 10.2. The highest BCUT2D eigenvalue weighted by Crippen LogP contribution is 2.29. The van der Waals surface area contributed by atoms with Gasteiger partial charge in [-0.2, -0.15) is 0 Å². The first-order valence-corrected chi connectivity index (χ1v) is 7.84. The predicted octanol–water partition coefficient (Wildman–Crippen LogP) is 2.76. The Morgan fingerprint density at radius 2 is 2.00 bits per heavy atom. The molecule has 3 aromatic rings. The quantitative estimate of drug-likeness (QED) is 0.709. The second kappa shape index (κ2) is 5.46. The molecule has 0 radical (unpaired) electrons. The van der Waals surface area contributed by atoms with Crippen LogP contribution in [0.15, 0.2) is 46.8 Å². The Balaban J connectivity index is 1.49. The highest BCUT2D eigenvalue weighted by molar-refractivity contribution is 7.99. The molecule has 1 fully saturated rings. The van der Waals surface area contributed by atoms with Gasteiger partial charge in [0, 0.05) is 17.5 Å². The van der Waals surface area contributed by atoms with Crippen molar-refractivity contribution in [1.29, 1.82) is 0 Å². The Bertz CT molecular complexity index is 748. The normalized spacial score (nSPS) is 14.7. The summed E-state index contributed by atoms with van der Waals surface area (Å²) in [4.78, 5) is 16.9. The van der Waals surface area contributed by atoms with Crippen LogP contribution in [0.2, 0.25) is 0 Å². The van der Waals surface area contributed by atoms with Crippen LogP contribution in [-0.4, -0.2) is 26.0 Å². The average Bonchev–Trinajstić information content (AvgIpc) is 3.22. The van der Waals surface area contributed by atoms with Gasteiger partial charge in [0.1, 0.15) is 16.9 Å². The first-order valence-electron chi connectivity index (χ1n) is 7.03. The first-order chi connectivity index (χ1) is 10.4. The molecule has 0 saturated heterocycles. The number of H-pyrrole nitrogens is 1. The van der Waals surface area contributed by atoms with E-state index in [0.717, 1.165) is 23.1 Å². The largest absolute Gasteiger partial charge is 0.341 e. The maximum atomic E-state index is 4.33. The van der Waals surface area contributed by atoms with Crippen LogP contribution in [0.4, 0.5) is 0 Å². The summed E-state index contributed by atoms with van der Waals surface area (Å²) in [5.41, 5.74) is 2.92. The molecule has 1 aliphatic carbocycles. The number of hydrogen-bond donors (Lipinski definition) is 2. The zero-order valence-corrected chi connectivity index (χ0v) is 12.2. The molecule has 2 heterocycles. The lowest BCUT2D eigenvalue weighted by Crippen LogP contribution is -2.14. The average molecular weight is 297 g/mol. The van der Waals surface area contributed by atoms with E-state index in [9.17, 15) is 0 Å². The van der Waals surface area contributed by atoms with E-state index < -0.39 is 0 Å². The SMILES string of the molecule is c1nc(Sc2ccc(CNC3CC3)cc2)c2[nH]cnc2n1. The van der Waals surface area contributed by atoms with Gasteiger partial charge < -0.3 is 10.3 Å². The Morgan fingerprint density at radius 1 is 1.14 bits per heavy atom. The molecule has 0 bridgehead atoms. The molecule has 21 heavy (non-hydrogen) atoms. The maximum absolute atomic E-state index is 4.33. The summed E-state index contributed by atoms with van der Waals surface area (Å²) in [5, 5.41) is 4.43. The summed E-state index contributed by atoms with van der Waals surface area (Å²) in [6, 6.07) is 9.36. The number of nitrogens with zero attached hydrogens (tertiary/aromatic N) is 3. The van der Waals surface area contributed by atoms with Crippen LogP contribution in [-0.2, 0) is 6.54 Å². The molecule has 2 N–H and O–H groups in total. The molecule has 4 rings (SSSR count). The Hall–Kier alpha value is -1.92. The van der Waals surface area contributed by atoms with E-state index in [2.05, 4.69) is 49.5 Å². The smallest absolute Gasteiger partial charge is 0.181 e. The molecule has 0 atom stereocenters. The topological polar surface area (TPSA) is 66.5 Å². The molecular weight excluding hydrogens is 282 g/mol. The van der Waals surface area contributed by atoms with Gasteiger partial charge in [-0.25, -0.2) is 15.0 Å². The third kappa shape index (κ3) is 2.91. The molecular formula is C15H15N5S. The maximum Gasteiger partial charge on any atom is 0.181 e. The highest BCUT2D eigenvalue weighted by atomic mass is 32.2. The molecule has 106 valence electrons. The molecule has 0 aliphatic heterocycles. The van der Waals surface area contributed by atoms with E-state index in [1.54, 1.807) is 24.4 Å². The molecule has 1 aliphatic rings. The van der Waals surface area contributed by atoms with Crippen molar-refractivity contribution < 1.29 is 0 Å². The van der Waals surface area contributed by atoms with Crippen LogP contribution in [0.1, 0.15) is 18.4 Å². The third-order valence-electron chi connectivity index (χ3n) is 3.50. The summed E-state index contributed by atoms with van der Waals surface area (Å²) in [6.07, 6.45) is 5.85. The van der Waals surface area contributed by atoms with Crippen LogP contribution in [0.3, 0.4) is 0 Å². The molecule has 6 heteroatoms. The fourth-order valence-electron chi connectivity index (χ4n) is 2.16. The minimum Gasteiger partial charge on any atom is -0.341 e. The van der Waals surface area contributed by atoms with Crippen LogP contribution in [0.5, 0.6) is 0 Å². The van der Waals surface area contributed by atoms with Crippen molar-refractivity contribution in [2.24, 2.45) is 0 Å². The van der Waals surface area contributed by atoms with Gasteiger partial charge in [0.15, 0.2) is 5.65 Å². The zero-order chi connectivity index (χ0) is 14.1. The van der Waals surface area contributed by atoms with Gasteiger partial charge in [-0.1, -0.05) is 23.9 Å². The summed E-state index contributed by atoms with van der Waals surface area (Å²) < 4.78 is 0. The van der Waals surface area contributed by atoms with Gasteiger partial charge in [0.2, 0.25) is 0 Å². The fraction of sp³-hybridized carbons (Fsp3) is 0.267. The Morgan fingerprint density at radius 3 is 2.81 bits per heavy atom. The standard InChI is InChI=1S/C15H15N5S/c1-5-12(6-2-10(1)7-16-11-3-4-11)21-15-13-14(18-8-17-13)19-9-20-15/h1-2,5-6,8-9,11,16H,3-4,7H2,(H,17,18,19,20). The molecule has 2 aromatic heterocycles. The summed E-state index contributed by atoms with van der Waals surface area (Å²) >= 11 is 1.62. The zero-order valence-electron chi connectivity index (χ0n) is 11.4. The van der Waals surface area contributed by atoms with Gasteiger partial charge in [-0.15, -0.1) is 0 Å². The number of imidazole rings is 1. The van der Waals surface area contributed by atoms with E-state index in [-0.39, 0.29) is 0 Å². The van der Waals surface area contributed by atoms with Crippen LogP contribution in [0.25, 0.3) is 11.2 Å². The van der Waals surface area contributed by atoms with E-state index in [1.165, 1.54) is 23.3 Å². The van der Waals surface area contributed by atoms with Crippen molar-refractivity contribution >= 4 is 22.9 Å². The second-order valence-corrected chi connectivity index (χ2v) is 6.24. The third-order valence-corrected chi connectivity index (χ3v) is 4.51. The summed E-state index contributed by atoms with van der Waals surface area (Å²) in [7, 11) is 0. The molecule has 0 spiro atoms.